The molecule has 0 spiro atoms. The maximum atomic E-state index is 11.5. The molecule has 0 unspecified atom stereocenters. The number of rotatable bonds is 6. The maximum Gasteiger partial charge on any atom is 0.271 e. The molecule has 0 bridgehead atoms. The van der Waals surface area contributed by atoms with E-state index in [9.17, 15) is 4.79 Å². The second-order valence-electron chi connectivity index (χ2n) is 3.28. The Bertz CT molecular complexity index is 328. The Hall–Kier alpha value is -1.30. The summed E-state index contributed by atoms with van der Waals surface area (Å²) in [4.78, 5) is 19.2. The third-order valence-corrected chi connectivity index (χ3v) is 2.66. The molecule has 3 N–H and O–H groups in total. The molecule has 0 fully saturated rings. The summed E-state index contributed by atoms with van der Waals surface area (Å²) in [5.74, 6) is 1.24. The van der Waals surface area contributed by atoms with Gasteiger partial charge in [-0.3, -0.25) is 4.79 Å². The van der Waals surface area contributed by atoms with Gasteiger partial charge in [0.15, 0.2) is 0 Å². The number of nitrogen functional groups attached to an aromatic ring is 1. The van der Waals surface area contributed by atoms with Gasteiger partial charge in [-0.15, -0.1) is 0 Å². The molecule has 0 aliphatic carbocycles. The Balaban J connectivity index is 2.27. The van der Waals surface area contributed by atoms with Crippen molar-refractivity contribution >= 4 is 23.5 Å². The minimum atomic E-state index is -0.198. The molecular formula is C10H16N4OS. The summed E-state index contributed by atoms with van der Waals surface area (Å²) in [7, 11) is 0. The van der Waals surface area contributed by atoms with Crippen molar-refractivity contribution in [2.45, 2.75) is 12.8 Å². The van der Waals surface area contributed by atoms with Crippen molar-refractivity contribution in [2.75, 3.05) is 24.3 Å². The first-order valence-electron chi connectivity index (χ1n) is 5.08. The van der Waals surface area contributed by atoms with Gasteiger partial charge in [0.1, 0.15) is 11.5 Å². The molecule has 0 saturated heterocycles. The number of hydrogen-bond donors (Lipinski definition) is 2. The van der Waals surface area contributed by atoms with Gasteiger partial charge in [-0.2, -0.15) is 11.8 Å². The highest BCUT2D eigenvalue weighted by Crippen LogP contribution is 1.99. The average molecular weight is 240 g/mol. The van der Waals surface area contributed by atoms with Gasteiger partial charge in [-0.05, 0) is 24.9 Å². The van der Waals surface area contributed by atoms with E-state index in [4.69, 9.17) is 5.73 Å². The van der Waals surface area contributed by atoms with Crippen LogP contribution in [0.4, 0.5) is 5.82 Å². The summed E-state index contributed by atoms with van der Waals surface area (Å²) in [5, 5.41) is 2.79. The van der Waals surface area contributed by atoms with E-state index in [-0.39, 0.29) is 5.91 Å². The van der Waals surface area contributed by atoms with Crippen LogP contribution in [-0.2, 0) is 0 Å². The van der Waals surface area contributed by atoms with Crippen molar-refractivity contribution in [3.05, 3.63) is 18.1 Å². The fourth-order valence-corrected chi connectivity index (χ4v) is 1.61. The van der Waals surface area contributed by atoms with E-state index in [0.29, 0.717) is 18.1 Å². The van der Waals surface area contributed by atoms with Crippen LogP contribution in [0.15, 0.2) is 12.4 Å². The third-order valence-electron chi connectivity index (χ3n) is 1.97. The highest BCUT2D eigenvalue weighted by molar-refractivity contribution is 7.98. The van der Waals surface area contributed by atoms with Crippen molar-refractivity contribution in [1.82, 2.24) is 15.3 Å². The molecular weight excluding hydrogens is 224 g/mol. The normalized spacial score (nSPS) is 10.1. The van der Waals surface area contributed by atoms with Crippen LogP contribution in [0.1, 0.15) is 23.3 Å². The molecule has 0 aliphatic rings. The van der Waals surface area contributed by atoms with E-state index in [1.807, 2.05) is 11.8 Å². The minimum Gasteiger partial charge on any atom is -0.382 e. The molecule has 1 aromatic rings. The predicted octanol–water partition coefficient (Wildman–Crippen LogP) is 0.932. The minimum absolute atomic E-state index is 0.198. The topological polar surface area (TPSA) is 80.9 Å². The Morgan fingerprint density at radius 1 is 1.44 bits per heavy atom. The van der Waals surface area contributed by atoms with Crippen LogP contribution in [0.5, 0.6) is 0 Å². The first kappa shape index (κ1) is 12.8. The van der Waals surface area contributed by atoms with E-state index in [2.05, 4.69) is 21.5 Å². The summed E-state index contributed by atoms with van der Waals surface area (Å²) < 4.78 is 0. The number of amides is 1. The molecule has 0 aromatic carbocycles. The number of nitrogens with zero attached hydrogens (tertiary/aromatic N) is 2. The van der Waals surface area contributed by atoms with E-state index >= 15 is 0 Å². The standard InChI is InChI=1S/C10H16N4OS/c1-16-5-3-2-4-12-10(15)8-6-14-9(11)7-13-8/h6-7H,2-5H2,1H3,(H2,11,14)(H,12,15). The summed E-state index contributed by atoms with van der Waals surface area (Å²) in [6.45, 7) is 0.672. The summed E-state index contributed by atoms with van der Waals surface area (Å²) in [5.41, 5.74) is 5.68. The van der Waals surface area contributed by atoms with Crippen LogP contribution in [-0.4, -0.2) is 34.4 Å². The number of carbonyl (C=O) groups excluding carboxylic acids is 1. The Morgan fingerprint density at radius 3 is 2.88 bits per heavy atom. The lowest BCUT2D eigenvalue weighted by molar-refractivity contribution is 0.0948. The van der Waals surface area contributed by atoms with Crippen LogP contribution in [0, 0.1) is 0 Å². The summed E-state index contributed by atoms with van der Waals surface area (Å²) in [6, 6.07) is 0. The van der Waals surface area contributed by atoms with Gasteiger partial charge in [-0.25, -0.2) is 9.97 Å². The van der Waals surface area contributed by atoms with Gasteiger partial charge in [0, 0.05) is 6.54 Å². The van der Waals surface area contributed by atoms with Crippen molar-refractivity contribution in [3.63, 3.8) is 0 Å². The number of unbranched alkanes of at least 4 members (excludes halogenated alkanes) is 1. The van der Waals surface area contributed by atoms with Crippen LogP contribution < -0.4 is 11.1 Å². The molecule has 1 aromatic heterocycles. The second-order valence-corrected chi connectivity index (χ2v) is 4.27. The van der Waals surface area contributed by atoms with Crippen molar-refractivity contribution < 1.29 is 4.79 Å². The summed E-state index contributed by atoms with van der Waals surface area (Å²) >= 11 is 1.81. The molecule has 0 aliphatic heterocycles. The maximum absolute atomic E-state index is 11.5. The summed E-state index contributed by atoms with van der Waals surface area (Å²) in [6.07, 6.45) is 6.92. The molecule has 0 atom stereocenters. The lowest BCUT2D eigenvalue weighted by atomic mass is 10.3. The van der Waals surface area contributed by atoms with Gasteiger partial charge in [0.2, 0.25) is 0 Å². The number of nitrogens with two attached hydrogens (primary N) is 1. The first-order valence-corrected chi connectivity index (χ1v) is 6.48. The molecule has 0 saturated carbocycles. The van der Waals surface area contributed by atoms with Crippen molar-refractivity contribution in [1.29, 1.82) is 0 Å². The predicted molar refractivity (Wildman–Crippen MR) is 66.4 cm³/mol. The van der Waals surface area contributed by atoms with Gasteiger partial charge >= 0.3 is 0 Å². The Labute approximate surface area is 99.2 Å². The SMILES string of the molecule is CSCCCCNC(=O)c1cnc(N)cn1. The molecule has 88 valence electrons. The lowest BCUT2D eigenvalue weighted by Crippen LogP contribution is -2.25. The van der Waals surface area contributed by atoms with Gasteiger partial charge in [0.25, 0.3) is 5.91 Å². The zero-order valence-electron chi connectivity index (χ0n) is 9.27. The van der Waals surface area contributed by atoms with Crippen LogP contribution >= 0.6 is 11.8 Å². The Morgan fingerprint density at radius 2 is 2.25 bits per heavy atom. The van der Waals surface area contributed by atoms with E-state index in [0.717, 1.165) is 18.6 Å². The Kier molecular flexibility index (Phi) is 5.63. The number of hydrogen-bond acceptors (Lipinski definition) is 5. The largest absolute Gasteiger partial charge is 0.382 e. The molecule has 6 heteroatoms. The molecule has 16 heavy (non-hydrogen) atoms. The number of aromatic nitrogens is 2. The van der Waals surface area contributed by atoms with Crippen molar-refractivity contribution in [3.8, 4) is 0 Å². The third kappa shape index (κ3) is 4.48. The second kappa shape index (κ2) is 7.05. The van der Waals surface area contributed by atoms with E-state index in [1.165, 1.54) is 12.4 Å². The lowest BCUT2D eigenvalue weighted by Gasteiger charge is -2.03. The number of thioether (sulfide) groups is 1. The van der Waals surface area contributed by atoms with Crippen LogP contribution in [0.25, 0.3) is 0 Å². The number of anilines is 1. The first-order chi connectivity index (χ1) is 7.74. The monoisotopic (exact) mass is 240 g/mol. The molecule has 1 heterocycles. The fourth-order valence-electron chi connectivity index (χ4n) is 1.12. The molecule has 1 rings (SSSR count). The smallest absolute Gasteiger partial charge is 0.271 e. The van der Waals surface area contributed by atoms with E-state index < -0.39 is 0 Å². The number of carbonyl (C=O) groups is 1. The van der Waals surface area contributed by atoms with Gasteiger partial charge < -0.3 is 11.1 Å². The molecule has 5 nitrogen and oxygen atoms in total. The highest BCUT2D eigenvalue weighted by Gasteiger charge is 2.05. The molecule has 0 radical (unpaired) electrons. The fraction of sp³-hybridized carbons (Fsp3) is 0.500. The van der Waals surface area contributed by atoms with Crippen LogP contribution in [0.2, 0.25) is 0 Å². The zero-order valence-corrected chi connectivity index (χ0v) is 10.1. The van der Waals surface area contributed by atoms with Gasteiger partial charge in [-0.1, -0.05) is 0 Å². The number of nitrogens with one attached hydrogen (secondary N) is 1. The quantitative estimate of drug-likeness (QED) is 0.723. The molecule has 1 amide bonds. The average Bonchev–Trinajstić information content (AvgIpc) is 2.29. The van der Waals surface area contributed by atoms with Gasteiger partial charge in [0.05, 0.1) is 12.4 Å². The van der Waals surface area contributed by atoms with Crippen LogP contribution in [0.3, 0.4) is 0 Å². The highest BCUT2D eigenvalue weighted by atomic mass is 32.2. The van der Waals surface area contributed by atoms with Crippen molar-refractivity contribution in [2.24, 2.45) is 0 Å². The zero-order chi connectivity index (χ0) is 11.8. The van der Waals surface area contributed by atoms with E-state index in [1.54, 1.807) is 0 Å².